The number of nitrogens with one attached hydrogen (secondary N) is 1. The molecule has 112 valence electrons. The SMILES string of the molecule is CC(C)[C@H](NC(=O)N(C)Cc1cccc(C#N)c1)C(=O)O. The Hall–Kier alpha value is -2.55. The van der Waals surface area contributed by atoms with Gasteiger partial charge in [0, 0.05) is 13.6 Å². The summed E-state index contributed by atoms with van der Waals surface area (Å²) in [5.74, 6) is -1.26. The number of carboxylic acid groups (broad SMARTS) is 1. The first-order chi connectivity index (χ1) is 9.85. The molecule has 2 amide bonds. The molecule has 0 bridgehead atoms. The lowest BCUT2D eigenvalue weighted by Crippen LogP contribution is -2.48. The number of urea groups is 1. The number of nitrogens with zero attached hydrogens (tertiary/aromatic N) is 2. The molecule has 0 saturated carbocycles. The second-order valence-corrected chi connectivity index (χ2v) is 5.18. The van der Waals surface area contributed by atoms with Crippen LogP contribution in [0.3, 0.4) is 0 Å². The van der Waals surface area contributed by atoms with Gasteiger partial charge in [-0.2, -0.15) is 5.26 Å². The molecule has 6 nitrogen and oxygen atoms in total. The van der Waals surface area contributed by atoms with Gasteiger partial charge in [-0.1, -0.05) is 26.0 Å². The number of benzene rings is 1. The summed E-state index contributed by atoms with van der Waals surface area (Å²) in [7, 11) is 1.58. The predicted molar refractivity (Wildman–Crippen MR) is 77.4 cm³/mol. The van der Waals surface area contributed by atoms with Crippen molar-refractivity contribution < 1.29 is 14.7 Å². The van der Waals surface area contributed by atoms with Gasteiger partial charge in [0.25, 0.3) is 0 Å². The molecule has 0 radical (unpaired) electrons. The summed E-state index contributed by atoms with van der Waals surface area (Å²) in [6.07, 6.45) is 0. The number of carbonyl (C=O) groups is 2. The van der Waals surface area contributed by atoms with Gasteiger partial charge in [0.05, 0.1) is 11.6 Å². The lowest BCUT2D eigenvalue weighted by molar-refractivity contribution is -0.140. The molecule has 6 heteroatoms. The summed E-state index contributed by atoms with van der Waals surface area (Å²) < 4.78 is 0. The van der Waals surface area contributed by atoms with E-state index in [1.165, 1.54) is 4.90 Å². The molecule has 0 spiro atoms. The highest BCUT2D eigenvalue weighted by atomic mass is 16.4. The molecule has 2 N–H and O–H groups in total. The van der Waals surface area contributed by atoms with Gasteiger partial charge in [0.15, 0.2) is 0 Å². The fourth-order valence-corrected chi connectivity index (χ4v) is 1.84. The van der Waals surface area contributed by atoms with Gasteiger partial charge in [-0.15, -0.1) is 0 Å². The zero-order valence-electron chi connectivity index (χ0n) is 12.3. The molecule has 0 aliphatic rings. The van der Waals surface area contributed by atoms with Crippen LogP contribution in [0.1, 0.15) is 25.0 Å². The Bertz CT molecular complexity index is 564. The van der Waals surface area contributed by atoms with Crippen molar-refractivity contribution in [2.24, 2.45) is 5.92 Å². The fraction of sp³-hybridized carbons (Fsp3) is 0.400. The van der Waals surface area contributed by atoms with E-state index in [-0.39, 0.29) is 5.92 Å². The Balaban J connectivity index is 2.70. The molecule has 0 fully saturated rings. The third-order valence-electron chi connectivity index (χ3n) is 3.03. The Morgan fingerprint density at radius 2 is 2.10 bits per heavy atom. The highest BCUT2D eigenvalue weighted by Gasteiger charge is 2.24. The van der Waals surface area contributed by atoms with Crippen LogP contribution in [0.2, 0.25) is 0 Å². The number of carboxylic acids is 1. The first-order valence-corrected chi connectivity index (χ1v) is 6.58. The van der Waals surface area contributed by atoms with Gasteiger partial charge < -0.3 is 15.3 Å². The molecule has 1 aromatic rings. The Kier molecular flexibility index (Phi) is 5.73. The topological polar surface area (TPSA) is 93.4 Å². The van der Waals surface area contributed by atoms with E-state index in [9.17, 15) is 9.59 Å². The summed E-state index contributed by atoms with van der Waals surface area (Å²) in [5, 5.41) is 20.4. The third kappa shape index (κ3) is 4.80. The number of carbonyl (C=O) groups excluding carboxylic acids is 1. The molecule has 21 heavy (non-hydrogen) atoms. The smallest absolute Gasteiger partial charge is 0.326 e. The molecule has 0 aliphatic carbocycles. The average Bonchev–Trinajstić information content (AvgIpc) is 2.43. The molecule has 0 heterocycles. The number of rotatable bonds is 5. The molecule has 0 aromatic heterocycles. The maximum atomic E-state index is 12.0. The second kappa shape index (κ2) is 7.29. The molecular weight excluding hydrogens is 270 g/mol. The first-order valence-electron chi connectivity index (χ1n) is 6.58. The van der Waals surface area contributed by atoms with E-state index >= 15 is 0 Å². The van der Waals surface area contributed by atoms with Gasteiger partial charge in [-0.3, -0.25) is 0 Å². The van der Waals surface area contributed by atoms with Crippen LogP contribution in [-0.2, 0) is 11.3 Å². The van der Waals surface area contributed by atoms with Gasteiger partial charge >= 0.3 is 12.0 Å². The quantitative estimate of drug-likeness (QED) is 0.864. The maximum Gasteiger partial charge on any atom is 0.326 e. The normalized spacial score (nSPS) is 11.6. The van der Waals surface area contributed by atoms with Gasteiger partial charge in [0.1, 0.15) is 6.04 Å². The van der Waals surface area contributed by atoms with Crippen molar-refractivity contribution in [3.05, 3.63) is 35.4 Å². The number of nitriles is 1. The zero-order valence-corrected chi connectivity index (χ0v) is 12.3. The van der Waals surface area contributed by atoms with Crippen LogP contribution >= 0.6 is 0 Å². The molecule has 1 aromatic carbocycles. The predicted octanol–water partition coefficient (Wildman–Crippen LogP) is 1.81. The lowest BCUT2D eigenvalue weighted by atomic mass is 10.1. The standard InChI is InChI=1S/C15H19N3O3/c1-10(2)13(14(19)20)17-15(21)18(3)9-12-6-4-5-11(7-12)8-16/h4-7,10,13H,9H2,1-3H3,(H,17,21)(H,19,20)/t13-/m0/s1. The van der Waals surface area contributed by atoms with Crippen molar-refractivity contribution in [3.8, 4) is 6.07 Å². The second-order valence-electron chi connectivity index (χ2n) is 5.18. The van der Waals surface area contributed by atoms with E-state index in [0.29, 0.717) is 12.1 Å². The third-order valence-corrected chi connectivity index (χ3v) is 3.03. The van der Waals surface area contributed by atoms with Crippen molar-refractivity contribution in [2.45, 2.75) is 26.4 Å². The highest BCUT2D eigenvalue weighted by Crippen LogP contribution is 2.08. The first kappa shape index (κ1) is 16.5. The number of aliphatic carboxylic acids is 1. The minimum Gasteiger partial charge on any atom is -0.480 e. The van der Waals surface area contributed by atoms with Crippen molar-refractivity contribution in [3.63, 3.8) is 0 Å². The fourth-order valence-electron chi connectivity index (χ4n) is 1.84. The Morgan fingerprint density at radius 3 is 2.62 bits per heavy atom. The van der Waals surface area contributed by atoms with E-state index in [2.05, 4.69) is 5.32 Å². The number of hydrogen-bond acceptors (Lipinski definition) is 3. The molecule has 0 saturated heterocycles. The summed E-state index contributed by atoms with van der Waals surface area (Å²) >= 11 is 0. The largest absolute Gasteiger partial charge is 0.480 e. The van der Waals surface area contributed by atoms with Gasteiger partial charge in [-0.05, 0) is 23.6 Å². The summed E-state index contributed by atoms with van der Waals surface area (Å²) in [6.45, 7) is 3.76. The number of hydrogen-bond donors (Lipinski definition) is 2. The molecule has 0 unspecified atom stereocenters. The van der Waals surface area contributed by atoms with Crippen molar-refractivity contribution in [2.75, 3.05) is 7.05 Å². The molecule has 0 aliphatic heterocycles. The van der Waals surface area contributed by atoms with E-state index < -0.39 is 18.0 Å². The van der Waals surface area contributed by atoms with Crippen molar-refractivity contribution >= 4 is 12.0 Å². The van der Waals surface area contributed by atoms with Crippen molar-refractivity contribution in [1.29, 1.82) is 5.26 Å². The maximum absolute atomic E-state index is 12.0. The average molecular weight is 289 g/mol. The van der Waals surface area contributed by atoms with E-state index in [4.69, 9.17) is 10.4 Å². The van der Waals surface area contributed by atoms with Crippen molar-refractivity contribution in [1.82, 2.24) is 10.2 Å². The monoisotopic (exact) mass is 289 g/mol. The zero-order chi connectivity index (χ0) is 16.0. The van der Waals surface area contributed by atoms with E-state index in [0.717, 1.165) is 5.56 Å². The minimum atomic E-state index is -1.06. The minimum absolute atomic E-state index is 0.207. The molecular formula is C15H19N3O3. The van der Waals surface area contributed by atoms with Crippen LogP contribution in [0.15, 0.2) is 24.3 Å². The van der Waals surface area contributed by atoms with Crippen LogP contribution in [0, 0.1) is 17.2 Å². The van der Waals surface area contributed by atoms with Crippen LogP contribution in [-0.4, -0.2) is 35.1 Å². The lowest BCUT2D eigenvalue weighted by Gasteiger charge is -2.23. The summed E-state index contributed by atoms with van der Waals surface area (Å²) in [4.78, 5) is 24.5. The summed E-state index contributed by atoms with van der Waals surface area (Å²) in [6, 6.07) is 7.58. The molecule has 1 rings (SSSR count). The van der Waals surface area contributed by atoms with Crippen LogP contribution < -0.4 is 5.32 Å². The summed E-state index contributed by atoms with van der Waals surface area (Å²) in [5.41, 5.74) is 1.33. The Morgan fingerprint density at radius 1 is 1.43 bits per heavy atom. The number of amides is 2. The van der Waals surface area contributed by atoms with Crippen LogP contribution in [0.5, 0.6) is 0 Å². The highest BCUT2D eigenvalue weighted by molar-refractivity contribution is 5.82. The molecule has 1 atom stereocenters. The van der Waals surface area contributed by atoms with Gasteiger partial charge in [0.2, 0.25) is 0 Å². The van der Waals surface area contributed by atoms with Crippen LogP contribution in [0.4, 0.5) is 4.79 Å². The van der Waals surface area contributed by atoms with Gasteiger partial charge in [-0.25, -0.2) is 9.59 Å². The van der Waals surface area contributed by atoms with E-state index in [1.54, 1.807) is 39.1 Å². The van der Waals surface area contributed by atoms with E-state index in [1.807, 2.05) is 12.1 Å². The van der Waals surface area contributed by atoms with Crippen LogP contribution in [0.25, 0.3) is 0 Å². The Labute approximate surface area is 124 Å².